The normalized spacial score (nSPS) is 10.6. The molecule has 0 aliphatic carbocycles. The first kappa shape index (κ1) is 16.7. The van der Waals surface area contributed by atoms with Crippen LogP contribution in [0.4, 0.5) is 5.69 Å². The first-order valence-corrected chi connectivity index (χ1v) is 7.95. The molecule has 0 aliphatic heterocycles. The van der Waals surface area contributed by atoms with E-state index < -0.39 is 11.2 Å². The molecule has 3 rings (SSSR count). The summed E-state index contributed by atoms with van der Waals surface area (Å²) in [6.07, 6.45) is 1.48. The summed E-state index contributed by atoms with van der Waals surface area (Å²) in [4.78, 5) is 26.1. The number of anilines is 1. The van der Waals surface area contributed by atoms with Gasteiger partial charge in [-0.25, -0.2) is 4.79 Å². The fourth-order valence-corrected chi connectivity index (χ4v) is 2.36. The molecule has 3 aromatic rings. The summed E-state index contributed by atoms with van der Waals surface area (Å²) in [6, 6.07) is 19.4. The molecule has 2 aromatic carbocycles. The fourth-order valence-electron chi connectivity index (χ4n) is 2.36. The Bertz CT molecular complexity index is 918. The highest BCUT2D eigenvalue weighted by Gasteiger charge is 2.05. The van der Waals surface area contributed by atoms with Crippen molar-refractivity contribution in [2.24, 2.45) is 0 Å². The van der Waals surface area contributed by atoms with Crippen molar-refractivity contribution in [2.75, 3.05) is 5.32 Å². The molecule has 0 amide bonds. The average Bonchev–Trinajstić information content (AvgIpc) is 2.64. The Labute approximate surface area is 144 Å². The van der Waals surface area contributed by atoms with Gasteiger partial charge in [0.05, 0.1) is 6.61 Å². The summed E-state index contributed by atoms with van der Waals surface area (Å²) in [5.74, 6) is 0. The minimum atomic E-state index is -0.497. The van der Waals surface area contributed by atoms with Crippen LogP contribution in [0.1, 0.15) is 11.1 Å². The van der Waals surface area contributed by atoms with Gasteiger partial charge in [0.2, 0.25) is 0 Å². The quantitative estimate of drug-likeness (QED) is 0.694. The summed E-state index contributed by atoms with van der Waals surface area (Å²) in [5.41, 5.74) is 1.44. The largest absolute Gasteiger partial charge is 0.375 e. The predicted molar refractivity (Wildman–Crippen MR) is 96.3 cm³/mol. The maximum absolute atomic E-state index is 11.9. The number of aromatic nitrogens is 2. The van der Waals surface area contributed by atoms with Crippen LogP contribution in [0.3, 0.4) is 0 Å². The molecule has 0 saturated carbocycles. The molecule has 128 valence electrons. The summed E-state index contributed by atoms with van der Waals surface area (Å²) in [7, 11) is 0. The van der Waals surface area contributed by atoms with Gasteiger partial charge >= 0.3 is 5.69 Å². The Balaban J connectivity index is 1.65. The van der Waals surface area contributed by atoms with E-state index in [2.05, 4.69) is 10.3 Å². The molecule has 6 heteroatoms. The number of ether oxygens (including phenoxy) is 1. The number of hydrogen-bond donors (Lipinski definition) is 2. The minimum absolute atomic E-state index is 0.0600. The number of nitrogens with one attached hydrogen (secondary N) is 2. The fraction of sp³-hybridized carbons (Fsp3) is 0.158. The third-order valence-corrected chi connectivity index (χ3v) is 3.68. The Morgan fingerprint density at radius 1 is 0.920 bits per heavy atom. The molecule has 0 saturated heterocycles. The van der Waals surface area contributed by atoms with Gasteiger partial charge in [-0.1, -0.05) is 60.7 Å². The third-order valence-electron chi connectivity index (χ3n) is 3.68. The van der Waals surface area contributed by atoms with Crippen molar-refractivity contribution in [3.8, 4) is 0 Å². The second-order valence-corrected chi connectivity index (χ2v) is 5.57. The molecule has 0 bridgehead atoms. The van der Waals surface area contributed by atoms with E-state index in [-0.39, 0.29) is 6.73 Å². The van der Waals surface area contributed by atoms with Gasteiger partial charge in [-0.15, -0.1) is 0 Å². The molecule has 25 heavy (non-hydrogen) atoms. The van der Waals surface area contributed by atoms with Gasteiger partial charge < -0.3 is 10.1 Å². The number of H-pyrrole nitrogens is 1. The van der Waals surface area contributed by atoms with Crippen LogP contribution in [-0.4, -0.2) is 9.55 Å². The van der Waals surface area contributed by atoms with E-state index in [1.807, 2.05) is 60.7 Å². The van der Waals surface area contributed by atoms with E-state index in [9.17, 15) is 9.59 Å². The highest BCUT2D eigenvalue weighted by atomic mass is 16.5. The van der Waals surface area contributed by atoms with E-state index >= 15 is 0 Å². The molecule has 6 nitrogen and oxygen atoms in total. The van der Waals surface area contributed by atoms with Crippen LogP contribution >= 0.6 is 0 Å². The third kappa shape index (κ3) is 4.68. The van der Waals surface area contributed by atoms with Crippen LogP contribution in [0.5, 0.6) is 0 Å². The second-order valence-electron chi connectivity index (χ2n) is 5.57. The van der Waals surface area contributed by atoms with E-state index in [0.717, 1.165) is 11.1 Å². The minimum Gasteiger partial charge on any atom is -0.375 e. The predicted octanol–water partition coefficient (Wildman–Crippen LogP) is 2.32. The van der Waals surface area contributed by atoms with Crippen LogP contribution in [0.2, 0.25) is 0 Å². The molecule has 0 atom stereocenters. The van der Waals surface area contributed by atoms with E-state index in [1.165, 1.54) is 10.8 Å². The van der Waals surface area contributed by atoms with Gasteiger partial charge in [-0.2, -0.15) is 0 Å². The highest BCUT2D eigenvalue weighted by molar-refractivity contribution is 5.38. The Hall–Kier alpha value is -3.12. The molecule has 2 N–H and O–H groups in total. The van der Waals surface area contributed by atoms with Crippen molar-refractivity contribution in [2.45, 2.75) is 19.9 Å². The Morgan fingerprint density at radius 2 is 1.56 bits per heavy atom. The van der Waals surface area contributed by atoms with Crippen LogP contribution in [-0.2, 0) is 24.6 Å². The van der Waals surface area contributed by atoms with Crippen LogP contribution in [0.15, 0.2) is 76.4 Å². The molecule has 0 unspecified atom stereocenters. The average molecular weight is 337 g/mol. The lowest BCUT2D eigenvalue weighted by Crippen LogP contribution is -2.31. The zero-order valence-corrected chi connectivity index (χ0v) is 13.6. The molecule has 0 radical (unpaired) electrons. The first-order valence-electron chi connectivity index (χ1n) is 7.95. The van der Waals surface area contributed by atoms with Crippen molar-refractivity contribution in [1.29, 1.82) is 0 Å². The number of aromatic amines is 1. The van der Waals surface area contributed by atoms with E-state index in [0.29, 0.717) is 18.8 Å². The SMILES string of the molecule is O=c1[nH]c(=O)n(COCc2ccccc2)cc1NCc1ccccc1. The number of rotatable bonds is 7. The van der Waals surface area contributed by atoms with Gasteiger partial charge in [0.1, 0.15) is 12.4 Å². The van der Waals surface area contributed by atoms with E-state index in [1.54, 1.807) is 0 Å². The monoisotopic (exact) mass is 337 g/mol. The van der Waals surface area contributed by atoms with Crippen molar-refractivity contribution >= 4 is 5.69 Å². The van der Waals surface area contributed by atoms with Gasteiger partial charge in [0, 0.05) is 12.7 Å². The van der Waals surface area contributed by atoms with Crippen molar-refractivity contribution in [3.63, 3.8) is 0 Å². The Morgan fingerprint density at radius 3 is 2.24 bits per heavy atom. The second kappa shape index (κ2) is 8.12. The maximum Gasteiger partial charge on any atom is 0.330 e. The van der Waals surface area contributed by atoms with Crippen molar-refractivity contribution < 1.29 is 4.74 Å². The van der Waals surface area contributed by atoms with Gasteiger partial charge in [-0.05, 0) is 11.1 Å². The zero-order chi connectivity index (χ0) is 17.5. The lowest BCUT2D eigenvalue weighted by atomic mass is 10.2. The van der Waals surface area contributed by atoms with Crippen LogP contribution in [0, 0.1) is 0 Å². The zero-order valence-electron chi connectivity index (χ0n) is 13.6. The smallest absolute Gasteiger partial charge is 0.330 e. The van der Waals surface area contributed by atoms with Gasteiger partial charge in [0.15, 0.2) is 0 Å². The summed E-state index contributed by atoms with van der Waals surface area (Å²) < 4.78 is 6.89. The summed E-state index contributed by atoms with van der Waals surface area (Å²) >= 11 is 0. The van der Waals surface area contributed by atoms with Crippen molar-refractivity contribution in [1.82, 2.24) is 9.55 Å². The molecular formula is C19H19N3O3. The lowest BCUT2D eigenvalue weighted by molar-refractivity contribution is 0.0609. The molecule has 0 fully saturated rings. The van der Waals surface area contributed by atoms with E-state index in [4.69, 9.17) is 4.74 Å². The first-order chi connectivity index (χ1) is 12.2. The summed E-state index contributed by atoms with van der Waals surface area (Å²) in [5, 5.41) is 3.05. The number of nitrogens with zero attached hydrogens (tertiary/aromatic N) is 1. The van der Waals surface area contributed by atoms with Crippen LogP contribution < -0.4 is 16.6 Å². The number of hydrogen-bond acceptors (Lipinski definition) is 4. The Kier molecular flexibility index (Phi) is 5.43. The topological polar surface area (TPSA) is 76.1 Å². The highest BCUT2D eigenvalue weighted by Crippen LogP contribution is 2.04. The van der Waals surface area contributed by atoms with Gasteiger partial charge in [-0.3, -0.25) is 14.3 Å². The summed E-state index contributed by atoms with van der Waals surface area (Å²) in [6.45, 7) is 0.941. The number of benzene rings is 2. The molecule has 1 heterocycles. The maximum atomic E-state index is 11.9. The molecule has 1 aromatic heterocycles. The molecular weight excluding hydrogens is 318 g/mol. The molecule has 0 spiro atoms. The van der Waals surface area contributed by atoms with Crippen molar-refractivity contribution in [3.05, 3.63) is 98.8 Å². The standard InChI is InChI=1S/C19H19N3O3/c23-18-17(20-11-15-7-3-1-4-8-15)12-22(19(24)21-18)14-25-13-16-9-5-2-6-10-16/h1-10,12,20H,11,13-14H2,(H,21,23,24). The molecule has 0 aliphatic rings. The van der Waals surface area contributed by atoms with Crippen LogP contribution in [0.25, 0.3) is 0 Å². The lowest BCUT2D eigenvalue weighted by Gasteiger charge is -2.10. The van der Waals surface area contributed by atoms with Gasteiger partial charge in [0.25, 0.3) is 5.56 Å².